The molecular formula is C14H11F2N3. The average Bonchev–Trinajstić information content (AvgIpc) is 2.45. The smallest absolute Gasteiger partial charge is 0.183 e. The lowest BCUT2D eigenvalue weighted by atomic mass is 10.2. The minimum absolute atomic E-state index is 0.0559. The van der Waals surface area contributed by atoms with Gasteiger partial charge in [0.15, 0.2) is 11.6 Å². The van der Waals surface area contributed by atoms with Crippen molar-refractivity contribution in [1.29, 1.82) is 5.26 Å². The fourth-order valence-corrected chi connectivity index (χ4v) is 1.66. The first-order valence-corrected chi connectivity index (χ1v) is 5.73. The van der Waals surface area contributed by atoms with Crippen LogP contribution in [0.3, 0.4) is 0 Å². The summed E-state index contributed by atoms with van der Waals surface area (Å²) in [7, 11) is 0. The van der Waals surface area contributed by atoms with Crippen LogP contribution in [0.1, 0.15) is 11.1 Å². The number of pyridine rings is 1. The minimum atomic E-state index is -1.12. The molecule has 0 bridgehead atoms. The number of nitrogens with zero attached hydrogens (tertiary/aromatic N) is 2. The second-order valence-electron chi connectivity index (χ2n) is 3.94. The maximum absolute atomic E-state index is 13.6. The van der Waals surface area contributed by atoms with Gasteiger partial charge in [0.2, 0.25) is 0 Å². The molecule has 0 saturated carbocycles. The number of hydrogen-bond acceptors (Lipinski definition) is 3. The summed E-state index contributed by atoms with van der Waals surface area (Å²) in [6, 6.07) is 7.93. The number of halogens is 2. The van der Waals surface area contributed by atoms with E-state index in [1.807, 2.05) is 12.1 Å². The van der Waals surface area contributed by atoms with Gasteiger partial charge in [-0.15, -0.1) is 0 Å². The Morgan fingerprint density at radius 2 is 2.05 bits per heavy atom. The first kappa shape index (κ1) is 13.0. The summed E-state index contributed by atoms with van der Waals surface area (Å²) in [6.45, 7) is 0.452. The summed E-state index contributed by atoms with van der Waals surface area (Å²) in [5.41, 5.74) is 0.764. The highest BCUT2D eigenvalue weighted by Crippen LogP contribution is 2.20. The molecule has 0 radical (unpaired) electrons. The third kappa shape index (κ3) is 3.05. The number of aromatic nitrogens is 1. The van der Waals surface area contributed by atoms with Gasteiger partial charge >= 0.3 is 0 Å². The highest BCUT2D eigenvalue weighted by atomic mass is 19.2. The Morgan fingerprint density at radius 1 is 1.21 bits per heavy atom. The molecule has 0 aliphatic carbocycles. The molecule has 0 amide bonds. The number of nitriles is 1. The fraction of sp³-hybridized carbons (Fsp3) is 0.143. The lowest BCUT2D eigenvalue weighted by Crippen LogP contribution is -2.08. The highest BCUT2D eigenvalue weighted by molar-refractivity contribution is 5.49. The number of anilines is 1. The van der Waals surface area contributed by atoms with E-state index in [0.717, 1.165) is 5.56 Å². The zero-order chi connectivity index (χ0) is 13.7. The molecule has 0 atom stereocenters. The zero-order valence-electron chi connectivity index (χ0n) is 10.0. The van der Waals surface area contributed by atoms with Crippen LogP contribution in [0.5, 0.6) is 0 Å². The Morgan fingerprint density at radius 3 is 2.74 bits per heavy atom. The molecule has 3 nitrogen and oxygen atoms in total. The average molecular weight is 259 g/mol. The van der Waals surface area contributed by atoms with Gasteiger partial charge in [-0.1, -0.05) is 6.07 Å². The quantitative estimate of drug-likeness (QED) is 0.918. The maximum atomic E-state index is 13.6. The number of nitrogens with one attached hydrogen (secondary N) is 1. The predicted molar refractivity (Wildman–Crippen MR) is 67.5 cm³/mol. The number of rotatable bonds is 4. The summed E-state index contributed by atoms with van der Waals surface area (Å²) in [6.07, 6.45) is 4.04. The molecule has 19 heavy (non-hydrogen) atoms. The standard InChI is InChI=1S/C14H11F2N3/c15-13-11(8-17)3-4-12(14(13)16)19-7-5-10-2-1-6-18-9-10/h1-4,6,9,19H,5,7H2. The van der Waals surface area contributed by atoms with Gasteiger partial charge in [0.05, 0.1) is 11.3 Å². The van der Waals surface area contributed by atoms with Crippen molar-refractivity contribution in [2.45, 2.75) is 6.42 Å². The van der Waals surface area contributed by atoms with E-state index in [9.17, 15) is 8.78 Å². The third-order valence-corrected chi connectivity index (χ3v) is 2.65. The topological polar surface area (TPSA) is 48.7 Å². The van der Waals surface area contributed by atoms with Crippen LogP contribution < -0.4 is 5.32 Å². The molecule has 0 aliphatic heterocycles. The largest absolute Gasteiger partial charge is 0.382 e. The molecule has 1 aromatic heterocycles. The van der Waals surface area contributed by atoms with E-state index in [2.05, 4.69) is 10.3 Å². The lowest BCUT2D eigenvalue weighted by molar-refractivity contribution is 0.508. The monoisotopic (exact) mass is 259 g/mol. The summed E-state index contributed by atoms with van der Waals surface area (Å²) in [5, 5.41) is 11.4. The number of hydrogen-bond donors (Lipinski definition) is 1. The van der Waals surface area contributed by atoms with Crippen molar-refractivity contribution in [3.8, 4) is 6.07 Å². The molecule has 1 heterocycles. The van der Waals surface area contributed by atoms with E-state index >= 15 is 0 Å². The van der Waals surface area contributed by atoms with Gasteiger partial charge in [0.1, 0.15) is 6.07 Å². The van der Waals surface area contributed by atoms with E-state index in [4.69, 9.17) is 5.26 Å². The molecule has 0 unspecified atom stereocenters. The summed E-state index contributed by atoms with van der Waals surface area (Å²) >= 11 is 0. The van der Waals surface area contributed by atoms with Crippen molar-refractivity contribution in [3.05, 3.63) is 59.4 Å². The SMILES string of the molecule is N#Cc1ccc(NCCc2cccnc2)c(F)c1F. The van der Waals surface area contributed by atoms with E-state index in [-0.39, 0.29) is 11.3 Å². The van der Waals surface area contributed by atoms with Crippen molar-refractivity contribution < 1.29 is 8.78 Å². The Hall–Kier alpha value is -2.48. The van der Waals surface area contributed by atoms with Crippen molar-refractivity contribution in [2.75, 3.05) is 11.9 Å². The van der Waals surface area contributed by atoms with E-state index in [1.165, 1.54) is 12.1 Å². The van der Waals surface area contributed by atoms with Gasteiger partial charge in [0.25, 0.3) is 0 Å². The fourth-order valence-electron chi connectivity index (χ4n) is 1.66. The molecule has 0 fully saturated rings. The zero-order valence-corrected chi connectivity index (χ0v) is 10.0. The predicted octanol–water partition coefficient (Wildman–Crippen LogP) is 2.89. The number of benzene rings is 1. The van der Waals surface area contributed by atoms with Crippen LogP contribution >= 0.6 is 0 Å². The first-order chi connectivity index (χ1) is 9.22. The van der Waals surface area contributed by atoms with Gasteiger partial charge < -0.3 is 5.32 Å². The normalized spacial score (nSPS) is 9.95. The Kier molecular flexibility index (Phi) is 4.04. The minimum Gasteiger partial charge on any atom is -0.382 e. The molecule has 2 aromatic rings. The van der Waals surface area contributed by atoms with Gasteiger partial charge in [-0.2, -0.15) is 5.26 Å². The van der Waals surface area contributed by atoms with E-state index in [0.29, 0.717) is 13.0 Å². The first-order valence-electron chi connectivity index (χ1n) is 5.73. The Bertz CT molecular complexity index is 606. The summed E-state index contributed by atoms with van der Waals surface area (Å²) in [4.78, 5) is 3.97. The second kappa shape index (κ2) is 5.91. The van der Waals surface area contributed by atoms with Gasteiger partial charge in [-0.3, -0.25) is 4.98 Å². The second-order valence-corrected chi connectivity index (χ2v) is 3.94. The van der Waals surface area contributed by atoms with E-state index in [1.54, 1.807) is 18.5 Å². The summed E-state index contributed by atoms with van der Waals surface area (Å²) in [5.74, 6) is -2.14. The molecule has 0 saturated heterocycles. The van der Waals surface area contributed by atoms with E-state index < -0.39 is 11.6 Å². The molecule has 1 aromatic carbocycles. The van der Waals surface area contributed by atoms with Gasteiger partial charge in [-0.25, -0.2) is 8.78 Å². The van der Waals surface area contributed by atoms with Crippen LogP contribution in [0, 0.1) is 23.0 Å². The van der Waals surface area contributed by atoms with Crippen molar-refractivity contribution >= 4 is 5.69 Å². The van der Waals surface area contributed by atoms with Gasteiger partial charge in [-0.05, 0) is 30.2 Å². The van der Waals surface area contributed by atoms with Crippen LogP contribution in [0.15, 0.2) is 36.7 Å². The van der Waals surface area contributed by atoms with Crippen LogP contribution in [-0.4, -0.2) is 11.5 Å². The maximum Gasteiger partial charge on any atom is 0.183 e. The molecule has 1 N–H and O–H groups in total. The Labute approximate surface area is 109 Å². The molecular weight excluding hydrogens is 248 g/mol. The van der Waals surface area contributed by atoms with Crippen LogP contribution in [-0.2, 0) is 6.42 Å². The Balaban J connectivity index is 2.01. The van der Waals surface area contributed by atoms with Crippen LogP contribution in [0.25, 0.3) is 0 Å². The van der Waals surface area contributed by atoms with Crippen LogP contribution in [0.2, 0.25) is 0 Å². The molecule has 0 spiro atoms. The van der Waals surface area contributed by atoms with Crippen molar-refractivity contribution in [2.24, 2.45) is 0 Å². The summed E-state index contributed by atoms with van der Waals surface area (Å²) < 4.78 is 26.9. The molecule has 0 aliphatic rings. The molecule has 96 valence electrons. The van der Waals surface area contributed by atoms with Crippen molar-refractivity contribution in [1.82, 2.24) is 4.98 Å². The lowest BCUT2D eigenvalue weighted by Gasteiger charge is -2.08. The van der Waals surface area contributed by atoms with Crippen molar-refractivity contribution in [3.63, 3.8) is 0 Å². The van der Waals surface area contributed by atoms with Gasteiger partial charge in [0, 0.05) is 18.9 Å². The highest BCUT2D eigenvalue weighted by Gasteiger charge is 2.12. The molecule has 5 heteroatoms. The van der Waals surface area contributed by atoms with Crippen LogP contribution in [0.4, 0.5) is 14.5 Å². The molecule has 2 rings (SSSR count). The third-order valence-electron chi connectivity index (χ3n) is 2.65.